The summed E-state index contributed by atoms with van der Waals surface area (Å²) < 4.78 is 36.9. The van der Waals surface area contributed by atoms with Crippen molar-refractivity contribution >= 4 is 50.2 Å². The zero-order valence-corrected chi connectivity index (χ0v) is 21.4. The van der Waals surface area contributed by atoms with Gasteiger partial charge >= 0.3 is 0 Å². The van der Waals surface area contributed by atoms with Crippen LogP contribution in [0.1, 0.15) is 10.4 Å². The quantitative estimate of drug-likeness (QED) is 0.340. The summed E-state index contributed by atoms with van der Waals surface area (Å²) in [6.07, 6.45) is 1.53. The third kappa shape index (κ3) is 6.37. The Morgan fingerprint density at radius 1 is 1.23 bits per heavy atom. The van der Waals surface area contributed by atoms with Crippen molar-refractivity contribution in [1.29, 1.82) is 0 Å². The molecule has 1 aliphatic heterocycles. The van der Waals surface area contributed by atoms with Gasteiger partial charge in [-0.05, 0) is 37.4 Å². The zero-order chi connectivity index (χ0) is 24.5. The molecule has 1 atom stereocenters. The fourth-order valence-corrected chi connectivity index (χ4v) is 5.23. The van der Waals surface area contributed by atoms with E-state index in [1.54, 1.807) is 30.3 Å². The number of aromatic hydroxyl groups is 1. The molecule has 5 N–H and O–H groups in total. The number of hydrogen-bond acceptors (Lipinski definition) is 7. The lowest BCUT2D eigenvalue weighted by Crippen LogP contribution is -2.45. The van der Waals surface area contributed by atoms with E-state index in [9.17, 15) is 22.5 Å². The van der Waals surface area contributed by atoms with Crippen molar-refractivity contribution in [3.63, 3.8) is 0 Å². The van der Waals surface area contributed by atoms with Gasteiger partial charge in [0.1, 0.15) is 11.0 Å². The van der Waals surface area contributed by atoms with E-state index in [4.69, 9.17) is 5.14 Å². The number of aromatic nitrogens is 2. The molecular formula is C21H27ClN6O5S2. The lowest BCUT2D eigenvalue weighted by Gasteiger charge is -2.31. The highest BCUT2D eigenvalue weighted by Gasteiger charge is 2.22. The highest BCUT2D eigenvalue weighted by Crippen LogP contribution is 2.36. The number of benzene rings is 1. The highest BCUT2D eigenvalue weighted by molar-refractivity contribution is 7.89. The normalized spacial score (nSPS) is 16.1. The highest BCUT2D eigenvalue weighted by atomic mass is 35.5. The van der Waals surface area contributed by atoms with Crippen LogP contribution in [0, 0.1) is 0 Å². The molecule has 0 aliphatic carbocycles. The number of primary sulfonamides is 1. The third-order valence-electron chi connectivity index (χ3n) is 5.60. The van der Waals surface area contributed by atoms with Crippen molar-refractivity contribution in [2.24, 2.45) is 5.14 Å². The molecule has 0 spiro atoms. The number of aromatic amines is 1. The molecule has 3 heterocycles. The number of likely N-dealkylation sites (N-methyl/N-ethyl adjacent to an activating group) is 1. The molecule has 0 bridgehead atoms. The van der Waals surface area contributed by atoms with Gasteiger partial charge in [-0.25, -0.2) is 22.1 Å². The van der Waals surface area contributed by atoms with E-state index in [1.807, 2.05) is 11.4 Å². The Bertz CT molecular complexity index is 1340. The topological polar surface area (TPSA) is 162 Å². The smallest absolute Gasteiger partial charge is 0.251 e. The van der Waals surface area contributed by atoms with Crippen molar-refractivity contribution in [3.8, 4) is 17.1 Å². The summed E-state index contributed by atoms with van der Waals surface area (Å²) in [7, 11) is -2.97. The van der Waals surface area contributed by atoms with Crippen LogP contribution in [0.2, 0.25) is 0 Å². The van der Waals surface area contributed by atoms with Crippen molar-refractivity contribution in [2.45, 2.75) is 4.90 Å². The molecular weight excluding hydrogens is 516 g/mol. The minimum Gasteiger partial charge on any atom is -0.494 e. The number of hydrogen-bond donors (Lipinski definition) is 4. The molecule has 1 saturated heterocycles. The first-order chi connectivity index (χ1) is 16.1. The minimum atomic E-state index is -3.68. The Labute approximate surface area is 211 Å². The number of carbonyl (C=O) groups is 1. The van der Waals surface area contributed by atoms with Crippen LogP contribution in [-0.2, 0) is 21.0 Å². The van der Waals surface area contributed by atoms with E-state index in [0.717, 1.165) is 13.1 Å². The lowest BCUT2D eigenvalue weighted by molar-refractivity contribution is 0.0956. The predicted octanol–water partition coefficient (Wildman–Crippen LogP) is 0.646. The number of sulfonamides is 1. The van der Waals surface area contributed by atoms with Gasteiger partial charge < -0.3 is 20.3 Å². The second-order valence-electron chi connectivity index (χ2n) is 8.09. The van der Waals surface area contributed by atoms with Gasteiger partial charge in [-0.3, -0.25) is 9.78 Å². The van der Waals surface area contributed by atoms with E-state index in [-0.39, 0.29) is 36.1 Å². The summed E-state index contributed by atoms with van der Waals surface area (Å²) >= 11 is 0. The van der Waals surface area contributed by atoms with Gasteiger partial charge in [-0.2, -0.15) is 0 Å². The molecule has 1 fully saturated rings. The van der Waals surface area contributed by atoms with Gasteiger partial charge in [-0.15, -0.1) is 12.4 Å². The van der Waals surface area contributed by atoms with Gasteiger partial charge in [0.25, 0.3) is 5.91 Å². The monoisotopic (exact) mass is 542 g/mol. The number of rotatable bonds is 7. The number of halogens is 1. The molecule has 1 aliphatic rings. The van der Waals surface area contributed by atoms with Crippen LogP contribution < -0.4 is 10.5 Å². The van der Waals surface area contributed by atoms with Crippen LogP contribution in [0.15, 0.2) is 41.4 Å². The largest absolute Gasteiger partial charge is 0.494 e. The van der Waals surface area contributed by atoms with E-state index >= 15 is 0 Å². The summed E-state index contributed by atoms with van der Waals surface area (Å²) in [5.74, 6) is -0.951. The van der Waals surface area contributed by atoms with Crippen LogP contribution in [0.4, 0.5) is 0 Å². The molecule has 3 aromatic rings. The van der Waals surface area contributed by atoms with Crippen molar-refractivity contribution in [3.05, 3.63) is 42.1 Å². The predicted molar refractivity (Wildman–Crippen MR) is 136 cm³/mol. The van der Waals surface area contributed by atoms with E-state index < -0.39 is 26.9 Å². The number of pyridine rings is 1. The first-order valence-corrected chi connectivity index (χ1v) is 13.4. The Morgan fingerprint density at radius 2 is 1.94 bits per heavy atom. The van der Waals surface area contributed by atoms with E-state index in [1.165, 1.54) is 6.20 Å². The van der Waals surface area contributed by atoms with Crippen LogP contribution >= 0.6 is 12.4 Å². The maximum Gasteiger partial charge on any atom is 0.251 e. The Kier molecular flexibility index (Phi) is 8.51. The second kappa shape index (κ2) is 11.0. The van der Waals surface area contributed by atoms with Crippen LogP contribution in [0.5, 0.6) is 5.88 Å². The molecule has 0 saturated carbocycles. The lowest BCUT2D eigenvalue weighted by atomic mass is 10.1. The van der Waals surface area contributed by atoms with Gasteiger partial charge in [-0.1, -0.05) is 0 Å². The van der Waals surface area contributed by atoms with Crippen LogP contribution in [0.25, 0.3) is 22.2 Å². The molecule has 14 heteroatoms. The maximum atomic E-state index is 12.9. The SMILES string of the molecule is CN1CCN(S(=O)c2ccc(-c3c(O)[nH]c4ccc(C(=O)NCCS(N)(=O)=O)cc34)nc2)CC1.Cl. The molecule has 1 unspecified atom stereocenters. The summed E-state index contributed by atoms with van der Waals surface area (Å²) in [6, 6.07) is 8.20. The summed E-state index contributed by atoms with van der Waals surface area (Å²) in [5, 5.41) is 18.5. The summed E-state index contributed by atoms with van der Waals surface area (Å²) in [4.78, 5) is 22.5. The van der Waals surface area contributed by atoms with Gasteiger partial charge in [0.2, 0.25) is 10.0 Å². The molecule has 35 heavy (non-hydrogen) atoms. The number of fused-ring (bicyclic) bond motifs is 1. The molecule has 0 radical (unpaired) electrons. The first kappa shape index (κ1) is 27.0. The Balaban J connectivity index is 0.00000342. The van der Waals surface area contributed by atoms with Crippen molar-refractivity contribution < 1.29 is 22.5 Å². The average Bonchev–Trinajstić information content (AvgIpc) is 3.13. The van der Waals surface area contributed by atoms with Crippen molar-refractivity contribution in [1.82, 2.24) is 24.5 Å². The molecule has 11 nitrogen and oxygen atoms in total. The van der Waals surface area contributed by atoms with Crippen LogP contribution in [0.3, 0.4) is 0 Å². The van der Waals surface area contributed by atoms with E-state index in [2.05, 4.69) is 20.2 Å². The molecule has 2 aromatic heterocycles. The number of nitrogens with one attached hydrogen (secondary N) is 2. The number of H-pyrrole nitrogens is 1. The standard InChI is InChI=1S/C21H26N6O5S2.ClH/c1-26-7-9-27(10-8-26)33(30)15-3-5-18(24-13-15)19-16-12-14(2-4-17(16)25-21(19)29)20(28)23-6-11-34(22,31)32;/h2-5,12-13,25,29H,6-11H2,1H3,(H,23,28)(H2,22,31,32);1H. The number of nitrogens with two attached hydrogens (primary N) is 1. The zero-order valence-electron chi connectivity index (χ0n) is 18.9. The Hall–Kier alpha value is -2.55. The van der Waals surface area contributed by atoms with Crippen LogP contribution in [-0.4, -0.2) is 88.3 Å². The average molecular weight is 543 g/mol. The molecule has 1 aromatic carbocycles. The number of carbonyl (C=O) groups excluding carboxylic acids is 1. The fraction of sp³-hybridized carbons (Fsp3) is 0.333. The van der Waals surface area contributed by atoms with Gasteiger partial charge in [0.05, 0.1) is 21.9 Å². The van der Waals surface area contributed by atoms with Gasteiger partial charge in [0, 0.05) is 55.4 Å². The summed E-state index contributed by atoms with van der Waals surface area (Å²) in [5.41, 5.74) is 1.75. The van der Waals surface area contributed by atoms with Crippen molar-refractivity contribution in [2.75, 3.05) is 45.5 Å². The third-order valence-corrected chi connectivity index (χ3v) is 7.86. The summed E-state index contributed by atoms with van der Waals surface area (Å²) in [6.45, 7) is 2.98. The molecule has 4 rings (SSSR count). The fourth-order valence-electron chi connectivity index (χ4n) is 3.72. The second-order valence-corrected chi connectivity index (χ2v) is 11.3. The Morgan fingerprint density at radius 3 is 2.57 bits per heavy atom. The molecule has 190 valence electrons. The van der Waals surface area contributed by atoms with E-state index in [0.29, 0.717) is 40.1 Å². The molecule has 1 amide bonds. The first-order valence-electron chi connectivity index (χ1n) is 10.6. The minimum absolute atomic E-state index is 0. The van der Waals surface area contributed by atoms with Gasteiger partial charge in [0.15, 0.2) is 5.88 Å². The number of nitrogens with zero attached hydrogens (tertiary/aromatic N) is 3. The number of piperazine rings is 1. The number of amides is 1. The maximum absolute atomic E-state index is 12.9.